The molecule has 7 heteroatoms. The van der Waals surface area contributed by atoms with Crippen molar-refractivity contribution in [2.45, 2.75) is 51.9 Å². The maximum Gasteiger partial charge on any atom is 0.159 e. The van der Waals surface area contributed by atoms with Gasteiger partial charge in [0, 0.05) is 30.9 Å². The predicted octanol–water partition coefficient (Wildman–Crippen LogP) is 3.57. The van der Waals surface area contributed by atoms with Crippen LogP contribution in [0.15, 0.2) is 30.3 Å². The van der Waals surface area contributed by atoms with E-state index in [-0.39, 0.29) is 5.41 Å². The zero-order chi connectivity index (χ0) is 20.3. The van der Waals surface area contributed by atoms with E-state index in [0.717, 1.165) is 53.2 Å². The summed E-state index contributed by atoms with van der Waals surface area (Å²) in [7, 11) is 2.10. The van der Waals surface area contributed by atoms with Crippen molar-refractivity contribution in [1.29, 1.82) is 0 Å². The van der Waals surface area contributed by atoms with Crippen LogP contribution in [0.1, 0.15) is 55.2 Å². The summed E-state index contributed by atoms with van der Waals surface area (Å²) in [4.78, 5) is 19.0. The van der Waals surface area contributed by atoms with E-state index in [2.05, 4.69) is 59.8 Å². The van der Waals surface area contributed by atoms with Gasteiger partial charge in [-0.2, -0.15) is 4.68 Å². The lowest BCUT2D eigenvalue weighted by Gasteiger charge is -2.14. The zero-order valence-electron chi connectivity index (χ0n) is 17.5. The van der Waals surface area contributed by atoms with Gasteiger partial charge in [0.25, 0.3) is 0 Å². The summed E-state index contributed by atoms with van der Waals surface area (Å²) in [5.74, 6) is 4.67. The summed E-state index contributed by atoms with van der Waals surface area (Å²) in [5.41, 5.74) is 3.22. The summed E-state index contributed by atoms with van der Waals surface area (Å²) in [6.07, 6.45) is 1.81. The van der Waals surface area contributed by atoms with E-state index >= 15 is 0 Å². The van der Waals surface area contributed by atoms with Crippen molar-refractivity contribution in [2.75, 3.05) is 0 Å². The van der Waals surface area contributed by atoms with Crippen LogP contribution in [-0.2, 0) is 18.9 Å². The van der Waals surface area contributed by atoms with E-state index in [1.807, 2.05) is 24.6 Å². The Morgan fingerprint density at radius 1 is 1.10 bits per heavy atom. The number of imidazole rings is 1. The molecule has 0 amide bonds. The van der Waals surface area contributed by atoms with Gasteiger partial charge in [0.05, 0.1) is 16.7 Å². The van der Waals surface area contributed by atoms with Gasteiger partial charge in [-0.25, -0.2) is 19.9 Å². The first-order valence-electron chi connectivity index (χ1n) is 10.1. The summed E-state index contributed by atoms with van der Waals surface area (Å²) < 4.78 is 4.04. The van der Waals surface area contributed by atoms with E-state index in [1.54, 1.807) is 0 Å². The van der Waals surface area contributed by atoms with Crippen LogP contribution in [-0.4, -0.2) is 34.3 Å². The summed E-state index contributed by atoms with van der Waals surface area (Å²) >= 11 is 0. The molecule has 148 valence electrons. The maximum absolute atomic E-state index is 4.93. The quantitative estimate of drug-likeness (QED) is 0.535. The lowest BCUT2D eigenvalue weighted by atomic mass is 10.0. The monoisotopic (exact) mass is 387 g/mol. The second kappa shape index (κ2) is 6.20. The fourth-order valence-corrected chi connectivity index (χ4v) is 4.28. The molecule has 2 atom stereocenters. The average Bonchev–Trinajstić information content (AvgIpc) is 3.13. The van der Waals surface area contributed by atoms with E-state index in [0.29, 0.717) is 5.92 Å². The van der Waals surface area contributed by atoms with Gasteiger partial charge in [0.2, 0.25) is 0 Å². The van der Waals surface area contributed by atoms with Gasteiger partial charge in [-0.1, -0.05) is 26.0 Å². The molecule has 0 spiro atoms. The molecule has 1 aliphatic carbocycles. The molecule has 0 bridgehead atoms. The molecular weight excluding hydrogens is 362 g/mol. The van der Waals surface area contributed by atoms with Crippen LogP contribution < -0.4 is 0 Å². The van der Waals surface area contributed by atoms with Crippen molar-refractivity contribution < 1.29 is 0 Å². The molecule has 0 radical (unpaired) electrons. The largest absolute Gasteiger partial charge is 0.331 e. The normalized spacial score (nSPS) is 21.1. The smallest absolute Gasteiger partial charge is 0.159 e. The molecule has 7 nitrogen and oxygen atoms in total. The molecule has 29 heavy (non-hydrogen) atoms. The number of aromatic nitrogens is 7. The summed E-state index contributed by atoms with van der Waals surface area (Å²) in [6, 6.07) is 10.4. The fraction of sp³-hybridized carbons (Fsp3) is 0.409. The highest BCUT2D eigenvalue weighted by molar-refractivity contribution is 5.76. The number of rotatable bonds is 4. The third kappa shape index (κ3) is 2.75. The second-order valence-electron chi connectivity index (χ2n) is 8.19. The van der Waals surface area contributed by atoms with Crippen LogP contribution in [0.25, 0.3) is 16.9 Å². The first-order valence-corrected chi connectivity index (χ1v) is 10.1. The molecule has 1 saturated carbocycles. The standard InChI is InChI=1S/C22H25N7/c1-6-19-25-18(11-20(26-19)29-14(3)23-13(2)27-29)22(4)12-15(22)21-24-16-9-7-8-10-17(16)28(21)5/h7-11,15H,6,12H2,1-5H3/t15-,22-/m1/s1. The van der Waals surface area contributed by atoms with Crippen molar-refractivity contribution in [3.63, 3.8) is 0 Å². The average molecular weight is 387 g/mol. The van der Waals surface area contributed by atoms with Gasteiger partial charge >= 0.3 is 0 Å². The minimum absolute atomic E-state index is 0.0553. The molecule has 1 aromatic carbocycles. The number of aryl methyl sites for hydroxylation is 4. The third-order valence-electron chi connectivity index (χ3n) is 6.12. The number of para-hydroxylation sites is 2. The summed E-state index contributed by atoms with van der Waals surface area (Å²) in [6.45, 7) is 8.22. The highest BCUT2D eigenvalue weighted by Crippen LogP contribution is 2.59. The van der Waals surface area contributed by atoms with Crippen LogP contribution in [0.4, 0.5) is 0 Å². The van der Waals surface area contributed by atoms with Gasteiger partial charge in [-0.15, -0.1) is 5.10 Å². The number of nitrogens with zero attached hydrogens (tertiary/aromatic N) is 7. The minimum atomic E-state index is -0.0553. The lowest BCUT2D eigenvalue weighted by molar-refractivity contribution is 0.662. The van der Waals surface area contributed by atoms with Crippen molar-refractivity contribution in [1.82, 2.24) is 34.3 Å². The Hall–Kier alpha value is -3.09. The van der Waals surface area contributed by atoms with Crippen LogP contribution in [0.3, 0.4) is 0 Å². The predicted molar refractivity (Wildman–Crippen MR) is 111 cm³/mol. The zero-order valence-corrected chi connectivity index (χ0v) is 17.5. The van der Waals surface area contributed by atoms with Crippen molar-refractivity contribution in [2.24, 2.45) is 7.05 Å². The number of hydrogen-bond acceptors (Lipinski definition) is 5. The Kier molecular flexibility index (Phi) is 3.84. The molecule has 3 aromatic heterocycles. The second-order valence-corrected chi connectivity index (χ2v) is 8.19. The molecule has 0 unspecified atom stereocenters. The maximum atomic E-state index is 4.93. The van der Waals surface area contributed by atoms with E-state index in [4.69, 9.17) is 15.0 Å². The lowest BCUT2D eigenvalue weighted by Crippen LogP contribution is -2.14. The number of benzene rings is 1. The third-order valence-corrected chi connectivity index (χ3v) is 6.12. The molecule has 5 rings (SSSR count). The molecule has 1 aliphatic rings. The van der Waals surface area contributed by atoms with Crippen molar-refractivity contribution in [3.8, 4) is 5.82 Å². The molecular formula is C22H25N7. The van der Waals surface area contributed by atoms with E-state index in [9.17, 15) is 0 Å². The van der Waals surface area contributed by atoms with Gasteiger partial charge < -0.3 is 4.57 Å². The highest BCUT2D eigenvalue weighted by atomic mass is 15.4. The molecule has 0 saturated heterocycles. The molecule has 4 aromatic rings. The molecule has 0 N–H and O–H groups in total. The Morgan fingerprint density at radius 2 is 1.90 bits per heavy atom. The molecule has 0 aliphatic heterocycles. The van der Waals surface area contributed by atoms with E-state index < -0.39 is 0 Å². The first kappa shape index (κ1) is 18.0. The summed E-state index contributed by atoms with van der Waals surface area (Å²) in [5, 5.41) is 4.52. The van der Waals surface area contributed by atoms with Crippen LogP contribution in [0.2, 0.25) is 0 Å². The van der Waals surface area contributed by atoms with E-state index in [1.165, 1.54) is 5.52 Å². The topological polar surface area (TPSA) is 74.3 Å². The first-order chi connectivity index (χ1) is 13.9. The van der Waals surface area contributed by atoms with Crippen molar-refractivity contribution in [3.05, 3.63) is 59.3 Å². The number of hydrogen-bond donors (Lipinski definition) is 0. The van der Waals surface area contributed by atoms with Gasteiger partial charge in [0.1, 0.15) is 23.3 Å². The highest BCUT2D eigenvalue weighted by Gasteiger charge is 2.55. The number of fused-ring (bicyclic) bond motifs is 1. The van der Waals surface area contributed by atoms with Crippen LogP contribution >= 0.6 is 0 Å². The Bertz CT molecular complexity index is 1240. The Balaban J connectivity index is 1.58. The van der Waals surface area contributed by atoms with Gasteiger partial charge in [0.15, 0.2) is 5.82 Å². The van der Waals surface area contributed by atoms with Gasteiger partial charge in [-0.05, 0) is 32.4 Å². The minimum Gasteiger partial charge on any atom is -0.331 e. The van der Waals surface area contributed by atoms with Crippen LogP contribution in [0.5, 0.6) is 0 Å². The van der Waals surface area contributed by atoms with Crippen LogP contribution in [0, 0.1) is 13.8 Å². The SMILES string of the molecule is CCc1nc(-n2nc(C)nc2C)cc([C@]2(C)C[C@@H]2c2nc3ccccc3n2C)n1. The van der Waals surface area contributed by atoms with Crippen molar-refractivity contribution >= 4 is 11.0 Å². The Labute approximate surface area is 169 Å². The van der Waals surface area contributed by atoms with Gasteiger partial charge in [-0.3, -0.25) is 0 Å². The fourth-order valence-electron chi connectivity index (χ4n) is 4.28. The molecule has 1 fully saturated rings. The Morgan fingerprint density at radius 3 is 2.59 bits per heavy atom. The molecule has 3 heterocycles.